The van der Waals surface area contributed by atoms with Gasteiger partial charge in [0.05, 0.1) is 5.69 Å². The van der Waals surface area contributed by atoms with E-state index >= 15 is 0 Å². The number of hydrogen-bond donors (Lipinski definition) is 2. The van der Waals surface area contributed by atoms with E-state index < -0.39 is 0 Å². The van der Waals surface area contributed by atoms with Gasteiger partial charge in [-0.3, -0.25) is 4.79 Å². The van der Waals surface area contributed by atoms with Gasteiger partial charge in [0.15, 0.2) is 0 Å². The number of nitrogen functional groups attached to an aromatic ring is 1. The van der Waals surface area contributed by atoms with Gasteiger partial charge in [0.1, 0.15) is 9.71 Å². The standard InChI is InChI=1S/C21H22BrN3OS/c1-12-15(22)8-6-10-16(12)24-20(26)19-18(23)14-11-13-7-4-2-3-5-9-17(13)25-21(14)27-19/h6,8,10-11H,2-5,7,9,23H2,1H3,(H,24,26). The minimum absolute atomic E-state index is 0.177. The minimum Gasteiger partial charge on any atom is -0.397 e. The van der Waals surface area contributed by atoms with Crippen LogP contribution in [0.3, 0.4) is 0 Å². The van der Waals surface area contributed by atoms with Crippen LogP contribution in [0.5, 0.6) is 0 Å². The number of thiophene rings is 1. The highest BCUT2D eigenvalue weighted by atomic mass is 79.9. The second-order valence-electron chi connectivity index (χ2n) is 7.07. The van der Waals surface area contributed by atoms with Gasteiger partial charge in [-0.2, -0.15) is 0 Å². The van der Waals surface area contributed by atoms with Gasteiger partial charge in [-0.05, 0) is 61.9 Å². The van der Waals surface area contributed by atoms with Crippen molar-refractivity contribution in [2.24, 2.45) is 0 Å². The van der Waals surface area contributed by atoms with Crippen LogP contribution in [0.1, 0.15) is 52.2 Å². The van der Waals surface area contributed by atoms with Crippen molar-refractivity contribution in [3.63, 3.8) is 0 Å². The lowest BCUT2D eigenvalue weighted by atomic mass is 9.96. The largest absolute Gasteiger partial charge is 0.397 e. The van der Waals surface area contributed by atoms with Gasteiger partial charge in [0.2, 0.25) is 0 Å². The molecule has 0 saturated heterocycles. The molecule has 4 nitrogen and oxygen atoms in total. The van der Waals surface area contributed by atoms with Crippen LogP contribution in [0.4, 0.5) is 11.4 Å². The predicted molar refractivity (Wildman–Crippen MR) is 117 cm³/mol. The van der Waals surface area contributed by atoms with Crippen molar-refractivity contribution >= 4 is 54.8 Å². The number of fused-ring (bicyclic) bond motifs is 2. The van der Waals surface area contributed by atoms with Crippen LogP contribution in [0, 0.1) is 6.92 Å². The van der Waals surface area contributed by atoms with Gasteiger partial charge in [-0.25, -0.2) is 4.98 Å². The molecule has 0 atom stereocenters. The van der Waals surface area contributed by atoms with Crippen LogP contribution in [0.2, 0.25) is 0 Å². The lowest BCUT2D eigenvalue weighted by Gasteiger charge is -2.12. The zero-order chi connectivity index (χ0) is 19.0. The van der Waals surface area contributed by atoms with Crippen molar-refractivity contribution in [3.05, 3.63) is 50.4 Å². The van der Waals surface area contributed by atoms with Crippen molar-refractivity contribution in [1.29, 1.82) is 0 Å². The molecule has 0 saturated carbocycles. The molecule has 0 fully saturated rings. The minimum atomic E-state index is -0.177. The summed E-state index contributed by atoms with van der Waals surface area (Å²) in [5.41, 5.74) is 11.2. The van der Waals surface area contributed by atoms with Crippen molar-refractivity contribution in [2.45, 2.75) is 45.4 Å². The van der Waals surface area contributed by atoms with Gasteiger partial charge >= 0.3 is 0 Å². The molecule has 3 N–H and O–H groups in total. The first-order chi connectivity index (χ1) is 13.0. The second-order valence-corrected chi connectivity index (χ2v) is 8.93. The quantitative estimate of drug-likeness (QED) is 0.520. The molecule has 140 valence electrons. The molecule has 1 aromatic carbocycles. The monoisotopic (exact) mass is 443 g/mol. The number of nitrogens with two attached hydrogens (primary N) is 1. The molecule has 0 bridgehead atoms. The third kappa shape index (κ3) is 3.60. The molecule has 0 spiro atoms. The number of anilines is 2. The average molecular weight is 444 g/mol. The molecule has 0 unspecified atom stereocenters. The van der Waals surface area contributed by atoms with Crippen LogP contribution in [0.25, 0.3) is 10.2 Å². The molecule has 2 aromatic heterocycles. The fourth-order valence-electron chi connectivity index (χ4n) is 3.60. The number of pyridine rings is 1. The Kier molecular flexibility index (Phi) is 5.19. The molecule has 2 heterocycles. The van der Waals surface area contributed by atoms with Crippen molar-refractivity contribution < 1.29 is 4.79 Å². The summed E-state index contributed by atoms with van der Waals surface area (Å²) in [6.45, 7) is 1.97. The van der Waals surface area contributed by atoms with E-state index in [0.29, 0.717) is 10.6 Å². The number of amides is 1. The summed E-state index contributed by atoms with van der Waals surface area (Å²) in [5.74, 6) is -0.177. The van der Waals surface area contributed by atoms with Crippen molar-refractivity contribution in [1.82, 2.24) is 4.98 Å². The molecule has 0 radical (unpaired) electrons. The second kappa shape index (κ2) is 7.60. The summed E-state index contributed by atoms with van der Waals surface area (Å²) < 4.78 is 0.964. The Morgan fingerprint density at radius 3 is 2.81 bits per heavy atom. The number of hydrogen-bond acceptors (Lipinski definition) is 4. The summed E-state index contributed by atoms with van der Waals surface area (Å²) in [6, 6.07) is 7.92. The maximum absolute atomic E-state index is 12.9. The predicted octanol–water partition coefficient (Wildman–Crippen LogP) is 5.86. The smallest absolute Gasteiger partial charge is 0.267 e. The van der Waals surface area contributed by atoms with E-state index in [1.165, 1.54) is 48.3 Å². The van der Waals surface area contributed by atoms with E-state index in [2.05, 4.69) is 27.3 Å². The fourth-order valence-corrected chi connectivity index (χ4v) is 4.96. The number of nitrogens with one attached hydrogen (secondary N) is 1. The molecule has 0 aliphatic heterocycles. The Balaban J connectivity index is 1.70. The highest BCUT2D eigenvalue weighted by molar-refractivity contribution is 9.10. The summed E-state index contributed by atoms with van der Waals surface area (Å²) in [7, 11) is 0. The van der Waals surface area contributed by atoms with Crippen LogP contribution in [-0.4, -0.2) is 10.9 Å². The van der Waals surface area contributed by atoms with E-state index in [-0.39, 0.29) is 5.91 Å². The normalized spacial score (nSPS) is 14.4. The Morgan fingerprint density at radius 1 is 1.22 bits per heavy atom. The molecular weight excluding hydrogens is 422 g/mol. The summed E-state index contributed by atoms with van der Waals surface area (Å²) >= 11 is 4.89. The lowest BCUT2D eigenvalue weighted by molar-refractivity contribution is 0.103. The molecule has 4 rings (SSSR count). The topological polar surface area (TPSA) is 68.0 Å². The van der Waals surface area contributed by atoms with Crippen LogP contribution in [0.15, 0.2) is 28.7 Å². The van der Waals surface area contributed by atoms with E-state index in [9.17, 15) is 4.79 Å². The Bertz CT molecular complexity index is 1030. The van der Waals surface area contributed by atoms with Gasteiger partial charge in [0, 0.05) is 21.2 Å². The van der Waals surface area contributed by atoms with E-state index in [0.717, 1.165) is 38.8 Å². The fraction of sp³-hybridized carbons (Fsp3) is 0.333. The number of nitrogens with zero attached hydrogens (tertiary/aromatic N) is 1. The Morgan fingerprint density at radius 2 is 2.00 bits per heavy atom. The van der Waals surface area contributed by atoms with Gasteiger partial charge in [-0.1, -0.05) is 34.8 Å². The molecule has 6 heteroatoms. The first kappa shape index (κ1) is 18.4. The Hall–Kier alpha value is -1.92. The highest BCUT2D eigenvalue weighted by Gasteiger charge is 2.20. The van der Waals surface area contributed by atoms with E-state index in [1.54, 1.807) is 0 Å². The van der Waals surface area contributed by atoms with Crippen LogP contribution >= 0.6 is 27.3 Å². The molecule has 3 aromatic rings. The SMILES string of the molecule is Cc1c(Br)cccc1NC(=O)c1sc2nc3c(cc2c1N)CCCCCC3. The van der Waals surface area contributed by atoms with Gasteiger partial charge < -0.3 is 11.1 Å². The van der Waals surface area contributed by atoms with Gasteiger partial charge in [-0.15, -0.1) is 11.3 Å². The number of aryl methyl sites for hydroxylation is 2. The molecule has 1 aliphatic carbocycles. The number of carbonyl (C=O) groups is 1. The molecule has 1 amide bonds. The third-order valence-corrected chi connectivity index (χ3v) is 7.19. The maximum Gasteiger partial charge on any atom is 0.267 e. The lowest BCUT2D eigenvalue weighted by Crippen LogP contribution is -2.12. The molecule has 1 aliphatic rings. The summed E-state index contributed by atoms with van der Waals surface area (Å²) in [5, 5.41) is 3.90. The van der Waals surface area contributed by atoms with Gasteiger partial charge in [0.25, 0.3) is 5.91 Å². The average Bonchev–Trinajstić information content (AvgIpc) is 2.95. The van der Waals surface area contributed by atoms with Crippen molar-refractivity contribution in [3.8, 4) is 0 Å². The van der Waals surface area contributed by atoms with E-state index in [1.807, 2.05) is 25.1 Å². The number of halogens is 1. The number of carbonyl (C=O) groups excluding carboxylic acids is 1. The van der Waals surface area contributed by atoms with Crippen LogP contribution < -0.4 is 11.1 Å². The third-order valence-electron chi connectivity index (χ3n) is 5.22. The molecule has 27 heavy (non-hydrogen) atoms. The highest BCUT2D eigenvalue weighted by Crippen LogP contribution is 2.36. The Labute approximate surface area is 171 Å². The number of aromatic nitrogens is 1. The number of rotatable bonds is 2. The maximum atomic E-state index is 12.9. The molecular formula is C21H22BrN3OS. The van der Waals surface area contributed by atoms with Crippen LogP contribution in [-0.2, 0) is 12.8 Å². The van der Waals surface area contributed by atoms with E-state index in [4.69, 9.17) is 10.7 Å². The summed E-state index contributed by atoms with van der Waals surface area (Å²) in [4.78, 5) is 19.1. The first-order valence-corrected chi connectivity index (χ1v) is 10.9. The first-order valence-electron chi connectivity index (χ1n) is 9.32. The number of benzene rings is 1. The zero-order valence-corrected chi connectivity index (χ0v) is 17.7. The summed E-state index contributed by atoms with van der Waals surface area (Å²) in [6.07, 6.45) is 6.98. The zero-order valence-electron chi connectivity index (χ0n) is 15.3. The van der Waals surface area contributed by atoms with Crippen molar-refractivity contribution in [2.75, 3.05) is 11.1 Å².